The molecule has 2 saturated heterocycles. The SMILES string of the molecule is COCCCNC(=O)C1CCN(C(=O)NC2CCCN(c3cc(C)ccc3F)C2)CC1. The van der Waals surface area contributed by atoms with Crippen LogP contribution in [0.3, 0.4) is 0 Å². The van der Waals surface area contributed by atoms with Crippen LogP contribution in [0.2, 0.25) is 0 Å². The Balaban J connectivity index is 1.44. The molecule has 2 fully saturated rings. The number of amides is 3. The van der Waals surface area contributed by atoms with E-state index in [1.54, 1.807) is 18.1 Å². The summed E-state index contributed by atoms with van der Waals surface area (Å²) in [5.41, 5.74) is 1.63. The number of likely N-dealkylation sites (tertiary alicyclic amines) is 1. The number of benzene rings is 1. The van der Waals surface area contributed by atoms with Gasteiger partial charge in [0.15, 0.2) is 0 Å². The molecular weight excluding hydrogens is 399 g/mol. The number of hydrogen-bond acceptors (Lipinski definition) is 4. The van der Waals surface area contributed by atoms with Crippen LogP contribution in [0.5, 0.6) is 0 Å². The van der Waals surface area contributed by atoms with Gasteiger partial charge in [-0.05, 0) is 56.7 Å². The lowest BCUT2D eigenvalue weighted by Gasteiger charge is -2.37. The molecule has 172 valence electrons. The van der Waals surface area contributed by atoms with Crippen molar-refractivity contribution < 1.29 is 18.7 Å². The molecule has 0 spiro atoms. The number of anilines is 1. The minimum absolute atomic E-state index is 0.0111. The van der Waals surface area contributed by atoms with Crippen LogP contribution in [-0.4, -0.2) is 69.3 Å². The van der Waals surface area contributed by atoms with E-state index in [1.807, 2.05) is 17.9 Å². The number of ether oxygens (including phenoxy) is 1. The van der Waals surface area contributed by atoms with Crippen molar-refractivity contribution >= 4 is 17.6 Å². The van der Waals surface area contributed by atoms with Crippen LogP contribution in [0, 0.1) is 18.7 Å². The topological polar surface area (TPSA) is 73.9 Å². The molecule has 2 N–H and O–H groups in total. The van der Waals surface area contributed by atoms with Gasteiger partial charge in [0.05, 0.1) is 5.69 Å². The van der Waals surface area contributed by atoms with Gasteiger partial charge in [0.1, 0.15) is 5.82 Å². The summed E-state index contributed by atoms with van der Waals surface area (Å²) >= 11 is 0. The van der Waals surface area contributed by atoms with Gasteiger partial charge >= 0.3 is 6.03 Å². The minimum Gasteiger partial charge on any atom is -0.385 e. The third kappa shape index (κ3) is 6.56. The summed E-state index contributed by atoms with van der Waals surface area (Å²) in [5, 5.41) is 6.07. The van der Waals surface area contributed by atoms with E-state index in [-0.39, 0.29) is 29.7 Å². The number of carbonyl (C=O) groups excluding carboxylic acids is 2. The highest BCUT2D eigenvalue weighted by Gasteiger charge is 2.29. The zero-order valence-corrected chi connectivity index (χ0v) is 18.7. The predicted octanol–water partition coefficient (Wildman–Crippen LogP) is 2.68. The van der Waals surface area contributed by atoms with E-state index in [0.717, 1.165) is 31.4 Å². The van der Waals surface area contributed by atoms with Crippen LogP contribution in [-0.2, 0) is 9.53 Å². The summed E-state index contributed by atoms with van der Waals surface area (Å²) in [6.07, 6.45) is 3.94. The van der Waals surface area contributed by atoms with Gasteiger partial charge in [0.2, 0.25) is 5.91 Å². The predicted molar refractivity (Wildman–Crippen MR) is 119 cm³/mol. The molecule has 3 amide bonds. The van der Waals surface area contributed by atoms with Gasteiger partial charge in [-0.2, -0.15) is 0 Å². The van der Waals surface area contributed by atoms with Gasteiger partial charge in [0, 0.05) is 58.4 Å². The highest BCUT2D eigenvalue weighted by Crippen LogP contribution is 2.25. The molecule has 0 aliphatic carbocycles. The Morgan fingerprint density at radius 3 is 2.71 bits per heavy atom. The standard InChI is InChI=1S/C23H35FN4O3/c1-17-6-7-20(24)21(15-17)28-11-3-5-19(16-28)26-23(30)27-12-8-18(9-13-27)22(29)25-10-4-14-31-2/h6-7,15,18-19H,3-5,8-14,16H2,1-2H3,(H,25,29)(H,26,30). The van der Waals surface area contributed by atoms with Crippen molar-refractivity contribution in [3.05, 3.63) is 29.6 Å². The van der Waals surface area contributed by atoms with Gasteiger partial charge in [-0.3, -0.25) is 4.79 Å². The summed E-state index contributed by atoms with van der Waals surface area (Å²) < 4.78 is 19.3. The second-order valence-corrected chi connectivity index (χ2v) is 8.59. The Kier molecular flexibility index (Phi) is 8.51. The van der Waals surface area contributed by atoms with E-state index in [1.165, 1.54) is 6.07 Å². The van der Waals surface area contributed by atoms with Crippen molar-refractivity contribution in [2.24, 2.45) is 5.92 Å². The van der Waals surface area contributed by atoms with Gasteiger partial charge < -0.3 is 25.2 Å². The number of urea groups is 1. The highest BCUT2D eigenvalue weighted by molar-refractivity contribution is 5.79. The molecule has 3 rings (SSSR count). The Hall–Kier alpha value is -2.35. The molecule has 0 saturated carbocycles. The van der Waals surface area contributed by atoms with E-state index < -0.39 is 0 Å². The molecule has 2 aliphatic rings. The number of nitrogens with one attached hydrogen (secondary N) is 2. The summed E-state index contributed by atoms with van der Waals surface area (Å²) in [6, 6.07) is 5.04. The fourth-order valence-electron chi connectivity index (χ4n) is 4.36. The third-order valence-corrected chi connectivity index (χ3v) is 6.17. The average Bonchev–Trinajstić information content (AvgIpc) is 2.78. The molecule has 1 atom stereocenters. The van der Waals surface area contributed by atoms with E-state index in [4.69, 9.17) is 4.74 Å². The Bertz CT molecular complexity index is 752. The molecule has 1 aromatic rings. The highest BCUT2D eigenvalue weighted by atomic mass is 19.1. The number of nitrogens with zero attached hydrogens (tertiary/aromatic N) is 2. The maximum atomic E-state index is 14.3. The van der Waals surface area contributed by atoms with E-state index >= 15 is 0 Å². The molecule has 1 aromatic carbocycles. The fourth-order valence-corrected chi connectivity index (χ4v) is 4.36. The monoisotopic (exact) mass is 434 g/mol. The van der Waals surface area contributed by atoms with E-state index in [0.29, 0.717) is 51.3 Å². The number of methoxy groups -OCH3 is 1. The van der Waals surface area contributed by atoms with Crippen molar-refractivity contribution in [2.45, 2.75) is 45.1 Å². The molecular formula is C23H35FN4O3. The van der Waals surface area contributed by atoms with Crippen LogP contribution < -0.4 is 15.5 Å². The van der Waals surface area contributed by atoms with Crippen LogP contribution in [0.1, 0.15) is 37.7 Å². The van der Waals surface area contributed by atoms with Crippen molar-refractivity contribution in [1.82, 2.24) is 15.5 Å². The lowest BCUT2D eigenvalue weighted by Crippen LogP contribution is -2.53. The zero-order chi connectivity index (χ0) is 22.2. The van der Waals surface area contributed by atoms with Crippen molar-refractivity contribution in [1.29, 1.82) is 0 Å². The summed E-state index contributed by atoms with van der Waals surface area (Å²) in [5.74, 6) is -0.194. The van der Waals surface area contributed by atoms with Crippen molar-refractivity contribution in [3.63, 3.8) is 0 Å². The van der Waals surface area contributed by atoms with E-state index in [2.05, 4.69) is 10.6 Å². The smallest absolute Gasteiger partial charge is 0.317 e. The summed E-state index contributed by atoms with van der Waals surface area (Å²) in [6.45, 7) is 5.75. The molecule has 2 aliphatic heterocycles. The van der Waals surface area contributed by atoms with Crippen molar-refractivity contribution in [2.75, 3.05) is 51.3 Å². The Morgan fingerprint density at radius 2 is 1.97 bits per heavy atom. The number of rotatable bonds is 7. The number of aryl methyl sites for hydroxylation is 1. The van der Waals surface area contributed by atoms with E-state index in [9.17, 15) is 14.0 Å². The largest absolute Gasteiger partial charge is 0.385 e. The molecule has 7 nitrogen and oxygen atoms in total. The lowest BCUT2D eigenvalue weighted by molar-refractivity contribution is -0.126. The molecule has 0 radical (unpaired) electrons. The average molecular weight is 435 g/mol. The minimum atomic E-state index is -0.222. The van der Waals surface area contributed by atoms with Crippen LogP contribution in [0.15, 0.2) is 18.2 Å². The molecule has 1 unspecified atom stereocenters. The van der Waals surface area contributed by atoms with Crippen LogP contribution in [0.4, 0.5) is 14.9 Å². The summed E-state index contributed by atoms with van der Waals surface area (Å²) in [4.78, 5) is 28.8. The molecule has 8 heteroatoms. The number of hydrogen-bond donors (Lipinski definition) is 2. The maximum Gasteiger partial charge on any atom is 0.317 e. The fraction of sp³-hybridized carbons (Fsp3) is 0.652. The maximum absolute atomic E-state index is 14.3. The van der Waals surface area contributed by atoms with Crippen LogP contribution >= 0.6 is 0 Å². The number of carbonyl (C=O) groups is 2. The first kappa shape index (κ1) is 23.3. The van der Waals surface area contributed by atoms with Crippen molar-refractivity contribution in [3.8, 4) is 0 Å². The van der Waals surface area contributed by atoms with Gasteiger partial charge in [-0.1, -0.05) is 6.07 Å². The van der Waals surface area contributed by atoms with Gasteiger partial charge in [0.25, 0.3) is 0 Å². The first-order valence-electron chi connectivity index (χ1n) is 11.3. The van der Waals surface area contributed by atoms with Gasteiger partial charge in [-0.15, -0.1) is 0 Å². The quantitative estimate of drug-likeness (QED) is 0.647. The zero-order valence-electron chi connectivity index (χ0n) is 18.7. The number of piperidine rings is 2. The first-order valence-corrected chi connectivity index (χ1v) is 11.3. The summed E-state index contributed by atoms with van der Waals surface area (Å²) in [7, 11) is 1.65. The molecule has 31 heavy (non-hydrogen) atoms. The van der Waals surface area contributed by atoms with Crippen LogP contribution in [0.25, 0.3) is 0 Å². The molecule has 0 aromatic heterocycles. The second kappa shape index (κ2) is 11.3. The normalized spacial score (nSPS) is 19.9. The molecule has 2 heterocycles. The Morgan fingerprint density at radius 1 is 1.19 bits per heavy atom. The Labute approximate surface area is 184 Å². The number of halogens is 1. The third-order valence-electron chi connectivity index (χ3n) is 6.17. The molecule has 0 bridgehead atoms. The lowest BCUT2D eigenvalue weighted by atomic mass is 9.96. The van der Waals surface area contributed by atoms with Gasteiger partial charge in [-0.25, -0.2) is 9.18 Å². The second-order valence-electron chi connectivity index (χ2n) is 8.59. The first-order chi connectivity index (χ1) is 15.0.